The van der Waals surface area contributed by atoms with E-state index in [9.17, 15) is 0 Å². The Labute approximate surface area is 89.8 Å². The third-order valence-electron chi connectivity index (χ3n) is 2.59. The van der Waals surface area contributed by atoms with Crippen LogP contribution in [0.4, 0.5) is 5.82 Å². The highest BCUT2D eigenvalue weighted by atomic mass is 16.5. The number of anilines is 1. The van der Waals surface area contributed by atoms with Crippen LogP contribution in [0.2, 0.25) is 0 Å². The Bertz CT molecular complexity index is 310. The van der Waals surface area contributed by atoms with Gasteiger partial charge in [0.15, 0.2) is 0 Å². The molecule has 82 valence electrons. The Kier molecular flexibility index (Phi) is 3.53. The molecule has 4 nitrogen and oxygen atoms in total. The highest BCUT2D eigenvalue weighted by Crippen LogP contribution is 2.13. The Morgan fingerprint density at radius 2 is 2.20 bits per heavy atom. The number of pyridine rings is 1. The van der Waals surface area contributed by atoms with Crippen molar-refractivity contribution < 1.29 is 4.74 Å². The maximum atomic E-state index is 5.54. The first-order valence-corrected chi connectivity index (χ1v) is 5.39. The normalized spacial score (nSPS) is 17.7. The summed E-state index contributed by atoms with van der Waals surface area (Å²) in [6, 6.07) is 6.39. The fourth-order valence-corrected chi connectivity index (χ4v) is 1.72. The molecule has 2 rings (SSSR count). The minimum Gasteiger partial charge on any atom is -0.381 e. The molecule has 0 amide bonds. The highest BCUT2D eigenvalue weighted by molar-refractivity contribution is 5.36. The summed E-state index contributed by atoms with van der Waals surface area (Å²) in [5.74, 6) is 0.921. The van der Waals surface area contributed by atoms with Crippen molar-refractivity contribution in [2.24, 2.45) is 5.73 Å². The molecular weight excluding hydrogens is 190 g/mol. The summed E-state index contributed by atoms with van der Waals surface area (Å²) < 4.78 is 5.30. The molecule has 1 fully saturated rings. The lowest BCUT2D eigenvalue weighted by molar-refractivity contribution is 0.0904. The predicted octanol–water partition coefficient (Wildman–Crippen LogP) is 1.13. The van der Waals surface area contributed by atoms with E-state index in [1.54, 1.807) is 0 Å². The lowest BCUT2D eigenvalue weighted by Gasteiger charge is -2.23. The minimum atomic E-state index is 0.485. The van der Waals surface area contributed by atoms with E-state index >= 15 is 0 Å². The van der Waals surface area contributed by atoms with Gasteiger partial charge in [-0.3, -0.25) is 0 Å². The first-order chi connectivity index (χ1) is 7.38. The summed E-state index contributed by atoms with van der Waals surface area (Å²) in [6.07, 6.45) is 2.10. The van der Waals surface area contributed by atoms with Crippen LogP contribution >= 0.6 is 0 Å². The van der Waals surface area contributed by atoms with Gasteiger partial charge in [0, 0.05) is 25.8 Å². The lowest BCUT2D eigenvalue weighted by Crippen LogP contribution is -2.28. The fourth-order valence-electron chi connectivity index (χ4n) is 1.72. The van der Waals surface area contributed by atoms with Crippen LogP contribution in [-0.4, -0.2) is 24.2 Å². The summed E-state index contributed by atoms with van der Waals surface area (Å²) >= 11 is 0. The van der Waals surface area contributed by atoms with Gasteiger partial charge in [-0.25, -0.2) is 4.98 Å². The number of ether oxygens (including phenoxy) is 1. The molecule has 0 atom stereocenters. The maximum absolute atomic E-state index is 5.54. The number of aromatic nitrogens is 1. The first kappa shape index (κ1) is 10.4. The molecule has 4 heteroatoms. The van der Waals surface area contributed by atoms with Crippen molar-refractivity contribution in [2.45, 2.75) is 25.4 Å². The molecule has 0 unspecified atom stereocenters. The molecule has 15 heavy (non-hydrogen) atoms. The van der Waals surface area contributed by atoms with E-state index in [0.29, 0.717) is 12.6 Å². The van der Waals surface area contributed by atoms with Gasteiger partial charge in [-0.15, -0.1) is 0 Å². The van der Waals surface area contributed by atoms with E-state index in [-0.39, 0.29) is 0 Å². The third-order valence-corrected chi connectivity index (χ3v) is 2.59. The summed E-state index contributed by atoms with van der Waals surface area (Å²) in [4.78, 5) is 4.41. The second-order valence-electron chi connectivity index (χ2n) is 3.75. The van der Waals surface area contributed by atoms with Gasteiger partial charge in [0.25, 0.3) is 0 Å². The third kappa shape index (κ3) is 2.91. The van der Waals surface area contributed by atoms with Crippen molar-refractivity contribution in [3.05, 3.63) is 23.9 Å². The quantitative estimate of drug-likeness (QED) is 0.780. The summed E-state index contributed by atoms with van der Waals surface area (Å²) in [7, 11) is 0. The smallest absolute Gasteiger partial charge is 0.126 e. The van der Waals surface area contributed by atoms with Crippen LogP contribution in [0.25, 0.3) is 0 Å². The zero-order valence-corrected chi connectivity index (χ0v) is 8.78. The molecule has 1 aromatic rings. The topological polar surface area (TPSA) is 60.2 Å². The second kappa shape index (κ2) is 5.09. The first-order valence-electron chi connectivity index (χ1n) is 5.39. The zero-order valence-electron chi connectivity index (χ0n) is 8.78. The molecule has 0 bridgehead atoms. The zero-order chi connectivity index (χ0) is 10.5. The van der Waals surface area contributed by atoms with Gasteiger partial charge in [0.2, 0.25) is 0 Å². The van der Waals surface area contributed by atoms with Gasteiger partial charge in [-0.1, -0.05) is 6.07 Å². The number of hydrogen-bond acceptors (Lipinski definition) is 4. The van der Waals surface area contributed by atoms with E-state index in [0.717, 1.165) is 37.6 Å². The average Bonchev–Trinajstić information content (AvgIpc) is 2.31. The molecular formula is C11H17N3O. The highest BCUT2D eigenvalue weighted by Gasteiger charge is 2.13. The van der Waals surface area contributed by atoms with Crippen molar-refractivity contribution >= 4 is 5.82 Å². The molecule has 0 spiro atoms. The number of nitrogens with zero attached hydrogens (tertiary/aromatic N) is 1. The van der Waals surface area contributed by atoms with Crippen LogP contribution in [-0.2, 0) is 11.3 Å². The summed E-state index contributed by atoms with van der Waals surface area (Å²) in [5, 5.41) is 3.41. The standard InChI is InChI=1S/C11H17N3O/c12-8-10-2-1-3-11(14-10)13-9-4-6-15-7-5-9/h1-3,9H,4-8,12H2,(H,13,14). The van der Waals surface area contributed by atoms with Gasteiger partial charge in [0.1, 0.15) is 5.82 Å². The Morgan fingerprint density at radius 1 is 1.40 bits per heavy atom. The molecule has 0 radical (unpaired) electrons. The van der Waals surface area contributed by atoms with Crippen LogP contribution in [0.5, 0.6) is 0 Å². The number of nitrogens with one attached hydrogen (secondary N) is 1. The van der Waals surface area contributed by atoms with E-state index in [1.165, 1.54) is 0 Å². The van der Waals surface area contributed by atoms with Gasteiger partial charge >= 0.3 is 0 Å². The van der Waals surface area contributed by atoms with Crippen molar-refractivity contribution in [2.75, 3.05) is 18.5 Å². The van der Waals surface area contributed by atoms with Crippen molar-refractivity contribution in [3.8, 4) is 0 Å². The van der Waals surface area contributed by atoms with Gasteiger partial charge in [-0.05, 0) is 25.0 Å². The average molecular weight is 207 g/mol. The number of rotatable bonds is 3. The summed E-state index contributed by atoms with van der Waals surface area (Å²) in [5.41, 5.74) is 6.46. The molecule has 0 saturated carbocycles. The minimum absolute atomic E-state index is 0.485. The van der Waals surface area contributed by atoms with Crippen LogP contribution < -0.4 is 11.1 Å². The molecule has 1 saturated heterocycles. The fraction of sp³-hybridized carbons (Fsp3) is 0.545. The molecule has 1 aliphatic heterocycles. The molecule has 3 N–H and O–H groups in total. The summed E-state index contributed by atoms with van der Waals surface area (Å²) in [6.45, 7) is 2.17. The molecule has 2 heterocycles. The Morgan fingerprint density at radius 3 is 2.93 bits per heavy atom. The van der Waals surface area contributed by atoms with Crippen molar-refractivity contribution in [3.63, 3.8) is 0 Å². The molecule has 0 aromatic carbocycles. The van der Waals surface area contributed by atoms with E-state index in [2.05, 4.69) is 10.3 Å². The van der Waals surface area contributed by atoms with Crippen LogP contribution in [0.3, 0.4) is 0 Å². The van der Waals surface area contributed by atoms with E-state index < -0.39 is 0 Å². The SMILES string of the molecule is NCc1cccc(NC2CCOCC2)n1. The van der Waals surface area contributed by atoms with Crippen LogP contribution in [0.15, 0.2) is 18.2 Å². The predicted molar refractivity (Wildman–Crippen MR) is 59.6 cm³/mol. The Balaban J connectivity index is 1.96. The molecule has 0 aliphatic carbocycles. The molecule has 1 aromatic heterocycles. The van der Waals surface area contributed by atoms with Gasteiger partial charge in [0.05, 0.1) is 5.69 Å². The largest absolute Gasteiger partial charge is 0.381 e. The monoisotopic (exact) mass is 207 g/mol. The van der Waals surface area contributed by atoms with Gasteiger partial charge < -0.3 is 15.8 Å². The van der Waals surface area contributed by atoms with Crippen molar-refractivity contribution in [1.29, 1.82) is 0 Å². The van der Waals surface area contributed by atoms with E-state index in [1.807, 2.05) is 18.2 Å². The number of nitrogens with two attached hydrogens (primary N) is 1. The number of hydrogen-bond donors (Lipinski definition) is 2. The second-order valence-corrected chi connectivity index (χ2v) is 3.75. The lowest BCUT2D eigenvalue weighted by atomic mass is 10.1. The maximum Gasteiger partial charge on any atom is 0.126 e. The Hall–Kier alpha value is -1.13. The van der Waals surface area contributed by atoms with Crippen LogP contribution in [0, 0.1) is 0 Å². The van der Waals surface area contributed by atoms with Crippen LogP contribution in [0.1, 0.15) is 18.5 Å². The molecule has 1 aliphatic rings. The van der Waals surface area contributed by atoms with E-state index in [4.69, 9.17) is 10.5 Å². The van der Waals surface area contributed by atoms with Crippen molar-refractivity contribution in [1.82, 2.24) is 4.98 Å². The van der Waals surface area contributed by atoms with Gasteiger partial charge in [-0.2, -0.15) is 0 Å².